The molecule has 1 unspecified atom stereocenters. The number of carbonyl (C=O) groups excluding carboxylic acids is 2. The Bertz CT molecular complexity index is 1340. The topological polar surface area (TPSA) is 87.9 Å². The van der Waals surface area contributed by atoms with Gasteiger partial charge in [0, 0.05) is 3.57 Å². The number of carbonyl (C=O) groups is 2. The van der Waals surface area contributed by atoms with Crippen LogP contribution in [-0.4, -0.2) is 30.6 Å². The van der Waals surface area contributed by atoms with Gasteiger partial charge in [0.1, 0.15) is 11.8 Å². The van der Waals surface area contributed by atoms with E-state index in [1.165, 1.54) is 6.26 Å². The summed E-state index contributed by atoms with van der Waals surface area (Å²) >= 11 is 2.14. The number of amides is 2. The van der Waals surface area contributed by atoms with Crippen molar-refractivity contribution in [3.63, 3.8) is 0 Å². The van der Waals surface area contributed by atoms with Gasteiger partial charge in [-0.3, -0.25) is 9.59 Å². The summed E-state index contributed by atoms with van der Waals surface area (Å²) in [6.07, 6.45) is 1.21. The molecule has 2 amide bonds. The van der Waals surface area contributed by atoms with Crippen LogP contribution >= 0.6 is 22.6 Å². The molecule has 0 bridgehead atoms. The summed E-state index contributed by atoms with van der Waals surface area (Å²) < 4.78 is 35.8. The van der Waals surface area contributed by atoms with Crippen LogP contribution < -0.4 is 4.90 Å². The average molecular weight is 592 g/mol. The van der Waals surface area contributed by atoms with Crippen LogP contribution in [-0.2, 0) is 26.2 Å². The number of imide groups is 1. The van der Waals surface area contributed by atoms with Crippen LogP contribution in [0.4, 0.5) is 5.69 Å². The molecule has 2 aromatic carbocycles. The Hall–Kier alpha value is -2.50. The van der Waals surface area contributed by atoms with Crippen molar-refractivity contribution in [1.29, 1.82) is 0 Å². The second-order valence-corrected chi connectivity index (χ2v) is 11.6. The van der Waals surface area contributed by atoms with E-state index in [1.54, 1.807) is 50.2 Å². The Morgan fingerprint density at radius 2 is 1.65 bits per heavy atom. The molecule has 1 atom stereocenters. The van der Waals surface area contributed by atoms with Crippen molar-refractivity contribution >= 4 is 50.1 Å². The first kappa shape index (κ1) is 24.6. The van der Waals surface area contributed by atoms with Gasteiger partial charge < -0.3 is 4.42 Å². The zero-order valence-electron chi connectivity index (χ0n) is 19.3. The van der Waals surface area contributed by atoms with Gasteiger partial charge in [0.05, 0.1) is 29.8 Å². The van der Waals surface area contributed by atoms with Crippen molar-refractivity contribution in [3.8, 4) is 0 Å². The van der Waals surface area contributed by atoms with E-state index < -0.39 is 27.9 Å². The molecular formula is C25H25IN2O5S. The van der Waals surface area contributed by atoms with Gasteiger partial charge >= 0.3 is 0 Å². The first-order valence-corrected chi connectivity index (χ1v) is 13.3. The van der Waals surface area contributed by atoms with E-state index in [-0.39, 0.29) is 17.9 Å². The fourth-order valence-corrected chi connectivity index (χ4v) is 6.79. The van der Waals surface area contributed by atoms with E-state index in [2.05, 4.69) is 22.6 Å². The molecule has 1 aliphatic rings. The molecule has 2 heterocycles. The third-order valence-corrected chi connectivity index (χ3v) is 9.16. The minimum absolute atomic E-state index is 0.161. The van der Waals surface area contributed by atoms with Gasteiger partial charge in [-0.05, 0) is 109 Å². The number of hydrogen-bond acceptors (Lipinski definition) is 5. The summed E-state index contributed by atoms with van der Waals surface area (Å²) in [5, 5.41) is 0. The van der Waals surface area contributed by atoms with Gasteiger partial charge in [-0.15, -0.1) is 0 Å². The molecule has 4 rings (SSSR count). The fourth-order valence-electron chi connectivity index (χ4n) is 4.31. The highest BCUT2D eigenvalue weighted by molar-refractivity contribution is 14.1. The number of sulfonamides is 1. The Morgan fingerprint density at radius 3 is 2.21 bits per heavy atom. The molecule has 0 radical (unpaired) electrons. The van der Waals surface area contributed by atoms with Crippen LogP contribution in [0.3, 0.4) is 0 Å². The lowest BCUT2D eigenvalue weighted by Crippen LogP contribution is -2.45. The van der Waals surface area contributed by atoms with Crippen molar-refractivity contribution in [2.45, 2.75) is 51.6 Å². The molecule has 1 fully saturated rings. The summed E-state index contributed by atoms with van der Waals surface area (Å²) in [5.41, 5.74) is 3.35. The molecule has 0 N–H and O–H groups in total. The van der Waals surface area contributed by atoms with E-state index >= 15 is 0 Å². The Balaban J connectivity index is 1.83. The lowest BCUT2D eigenvalue weighted by molar-refractivity contribution is -0.122. The van der Waals surface area contributed by atoms with Gasteiger partial charge in [0.25, 0.3) is 5.91 Å². The predicted molar refractivity (Wildman–Crippen MR) is 137 cm³/mol. The van der Waals surface area contributed by atoms with Gasteiger partial charge in [0.15, 0.2) is 0 Å². The maximum atomic E-state index is 14.1. The maximum absolute atomic E-state index is 14.1. The molecule has 0 aliphatic carbocycles. The quantitative estimate of drug-likeness (QED) is 0.308. The lowest BCUT2D eigenvalue weighted by Gasteiger charge is -2.28. The highest BCUT2D eigenvalue weighted by atomic mass is 127. The monoisotopic (exact) mass is 592 g/mol. The van der Waals surface area contributed by atoms with E-state index in [9.17, 15) is 18.0 Å². The van der Waals surface area contributed by atoms with Crippen molar-refractivity contribution in [2.24, 2.45) is 0 Å². The minimum Gasteiger partial charge on any atom is -0.468 e. The number of hydrogen-bond donors (Lipinski definition) is 0. The molecule has 34 heavy (non-hydrogen) atoms. The van der Waals surface area contributed by atoms with Gasteiger partial charge in [-0.25, -0.2) is 13.3 Å². The smallest absolute Gasteiger partial charge is 0.252 e. The number of nitrogens with zero attached hydrogens (tertiary/aromatic N) is 2. The molecular weight excluding hydrogens is 567 g/mol. The number of rotatable bonds is 6. The number of benzene rings is 2. The van der Waals surface area contributed by atoms with Gasteiger partial charge in [-0.1, -0.05) is 6.07 Å². The number of halogens is 1. The Morgan fingerprint density at radius 1 is 1.03 bits per heavy atom. The van der Waals surface area contributed by atoms with E-state index in [1.807, 2.05) is 19.9 Å². The summed E-state index contributed by atoms with van der Waals surface area (Å²) in [5.74, 6) is -0.623. The molecule has 3 aromatic rings. The zero-order chi connectivity index (χ0) is 24.8. The normalized spacial score (nSPS) is 16.6. The summed E-state index contributed by atoms with van der Waals surface area (Å²) in [7, 11) is -4.16. The van der Waals surface area contributed by atoms with Crippen LogP contribution in [0.2, 0.25) is 0 Å². The molecule has 0 spiro atoms. The SMILES string of the molecule is Cc1cc(C)c(C)c(S(=O)(=O)N(Cc2ccco2)C2CC(=O)N(c3ccc(I)cc3)C2=O)c1C. The molecule has 178 valence electrons. The summed E-state index contributed by atoms with van der Waals surface area (Å²) in [4.78, 5) is 27.7. The van der Waals surface area contributed by atoms with Crippen molar-refractivity contribution < 1.29 is 22.4 Å². The molecule has 1 aromatic heterocycles. The highest BCUT2D eigenvalue weighted by Gasteiger charge is 2.47. The van der Waals surface area contributed by atoms with E-state index in [4.69, 9.17) is 4.42 Å². The molecule has 0 saturated carbocycles. The third-order valence-electron chi connectivity index (χ3n) is 6.31. The summed E-state index contributed by atoms with van der Waals surface area (Å²) in [6, 6.07) is 11.0. The Kier molecular flexibility index (Phi) is 6.71. The van der Waals surface area contributed by atoms with Crippen LogP contribution in [0.1, 0.15) is 34.4 Å². The first-order chi connectivity index (χ1) is 16.0. The van der Waals surface area contributed by atoms with Gasteiger partial charge in [-0.2, -0.15) is 4.31 Å². The predicted octanol–water partition coefficient (Wildman–Crippen LogP) is 4.64. The standard InChI is InChI=1S/C25H25IN2O5S/c1-15-12-16(2)18(4)24(17(15)3)34(31,32)27(14-21-6-5-11-33-21)22-13-23(29)28(25(22)30)20-9-7-19(26)8-10-20/h5-12,22H,13-14H2,1-4H3. The van der Waals surface area contributed by atoms with E-state index in [0.717, 1.165) is 23.9 Å². The zero-order valence-corrected chi connectivity index (χ0v) is 22.3. The van der Waals surface area contributed by atoms with Crippen molar-refractivity contribution in [2.75, 3.05) is 4.90 Å². The largest absolute Gasteiger partial charge is 0.468 e. The minimum atomic E-state index is -4.16. The third kappa shape index (κ3) is 4.32. The van der Waals surface area contributed by atoms with Crippen molar-refractivity contribution in [3.05, 3.63) is 80.3 Å². The molecule has 9 heteroatoms. The molecule has 1 saturated heterocycles. The maximum Gasteiger partial charge on any atom is 0.252 e. The number of aryl methyl sites for hydroxylation is 2. The number of anilines is 1. The van der Waals surface area contributed by atoms with Crippen LogP contribution in [0.25, 0.3) is 0 Å². The van der Waals surface area contributed by atoms with Gasteiger partial charge in [0.2, 0.25) is 15.9 Å². The fraction of sp³-hybridized carbons (Fsp3) is 0.280. The highest BCUT2D eigenvalue weighted by Crippen LogP contribution is 2.34. The average Bonchev–Trinajstić information content (AvgIpc) is 3.39. The molecule has 7 nitrogen and oxygen atoms in total. The lowest BCUT2D eigenvalue weighted by atomic mass is 10.0. The van der Waals surface area contributed by atoms with Crippen molar-refractivity contribution in [1.82, 2.24) is 4.31 Å². The second-order valence-electron chi connectivity index (χ2n) is 8.48. The number of furan rings is 1. The molecule has 1 aliphatic heterocycles. The summed E-state index contributed by atoms with van der Waals surface area (Å²) in [6.45, 7) is 7.09. The van der Waals surface area contributed by atoms with Crippen LogP contribution in [0, 0.1) is 31.3 Å². The second kappa shape index (κ2) is 9.27. The van der Waals surface area contributed by atoms with Crippen LogP contribution in [0.15, 0.2) is 58.0 Å². The first-order valence-electron chi connectivity index (χ1n) is 10.8. The van der Waals surface area contributed by atoms with E-state index in [0.29, 0.717) is 22.6 Å². The Labute approximate surface area is 212 Å². The van der Waals surface area contributed by atoms with Crippen LogP contribution in [0.5, 0.6) is 0 Å².